The fraction of sp³-hybridized carbons (Fsp3) is 0.500. The van der Waals surface area contributed by atoms with Gasteiger partial charge >= 0.3 is 0 Å². The standard InChI is InChI=1S/C14H15BrO/c15-12-5-3-4-11-10(12)6-7-13(16)14(11)8-1-2-9-14/h3-5H,1-2,6-9H2. The van der Waals surface area contributed by atoms with Crippen LogP contribution in [0.15, 0.2) is 22.7 Å². The van der Waals surface area contributed by atoms with E-state index in [2.05, 4.69) is 34.1 Å². The SMILES string of the molecule is O=C1CCc2c(Br)cccc2C12CCCC2. The predicted molar refractivity (Wildman–Crippen MR) is 67.6 cm³/mol. The highest BCUT2D eigenvalue weighted by atomic mass is 79.9. The molecule has 0 bridgehead atoms. The molecule has 0 N–H and O–H groups in total. The van der Waals surface area contributed by atoms with Crippen molar-refractivity contribution in [3.63, 3.8) is 0 Å². The van der Waals surface area contributed by atoms with Crippen LogP contribution in [0.2, 0.25) is 0 Å². The van der Waals surface area contributed by atoms with E-state index in [0.29, 0.717) is 5.78 Å². The molecule has 2 aliphatic carbocycles. The van der Waals surface area contributed by atoms with Crippen molar-refractivity contribution < 1.29 is 4.79 Å². The van der Waals surface area contributed by atoms with Crippen molar-refractivity contribution >= 4 is 21.7 Å². The molecule has 0 heterocycles. The molecule has 1 aromatic rings. The number of benzene rings is 1. The van der Waals surface area contributed by atoms with Crippen LogP contribution in [-0.2, 0) is 16.6 Å². The van der Waals surface area contributed by atoms with Gasteiger partial charge in [0.15, 0.2) is 0 Å². The molecule has 0 amide bonds. The third-order valence-corrected chi connectivity index (χ3v) is 4.97. The zero-order valence-electron chi connectivity index (χ0n) is 9.26. The Labute approximate surface area is 104 Å². The van der Waals surface area contributed by atoms with E-state index >= 15 is 0 Å². The summed E-state index contributed by atoms with van der Waals surface area (Å²) in [6, 6.07) is 6.33. The summed E-state index contributed by atoms with van der Waals surface area (Å²) < 4.78 is 1.18. The number of halogens is 1. The third kappa shape index (κ3) is 1.32. The van der Waals surface area contributed by atoms with Gasteiger partial charge in [-0.3, -0.25) is 4.79 Å². The maximum absolute atomic E-state index is 12.3. The first kappa shape index (κ1) is 10.5. The van der Waals surface area contributed by atoms with E-state index in [1.165, 1.54) is 28.4 Å². The van der Waals surface area contributed by atoms with Gasteiger partial charge in [-0.25, -0.2) is 0 Å². The molecule has 84 valence electrons. The number of rotatable bonds is 0. The lowest BCUT2D eigenvalue weighted by atomic mass is 9.68. The fourth-order valence-corrected chi connectivity index (χ4v) is 3.98. The van der Waals surface area contributed by atoms with E-state index in [1.54, 1.807) is 0 Å². The molecule has 1 fully saturated rings. The molecule has 0 atom stereocenters. The van der Waals surface area contributed by atoms with Crippen LogP contribution in [0.3, 0.4) is 0 Å². The summed E-state index contributed by atoms with van der Waals surface area (Å²) in [6.07, 6.45) is 6.19. The lowest BCUT2D eigenvalue weighted by molar-refractivity contribution is -0.125. The molecule has 0 saturated heterocycles. The van der Waals surface area contributed by atoms with Crippen LogP contribution in [0.5, 0.6) is 0 Å². The summed E-state index contributed by atoms with van der Waals surface area (Å²) in [6.45, 7) is 0. The van der Waals surface area contributed by atoms with E-state index in [-0.39, 0.29) is 5.41 Å². The Morgan fingerprint density at radius 1 is 1.12 bits per heavy atom. The second-order valence-corrected chi connectivity index (χ2v) is 5.83. The summed E-state index contributed by atoms with van der Waals surface area (Å²) >= 11 is 3.62. The Balaban J connectivity index is 2.20. The predicted octanol–water partition coefficient (Wildman–Crippen LogP) is 3.78. The second-order valence-electron chi connectivity index (χ2n) is 4.98. The lowest BCUT2D eigenvalue weighted by Gasteiger charge is -2.34. The number of hydrogen-bond acceptors (Lipinski definition) is 1. The van der Waals surface area contributed by atoms with Gasteiger partial charge in [-0.05, 0) is 36.5 Å². The molecule has 1 nitrogen and oxygen atoms in total. The lowest BCUT2D eigenvalue weighted by Crippen LogP contribution is -2.37. The average Bonchev–Trinajstić information content (AvgIpc) is 2.75. The third-order valence-electron chi connectivity index (χ3n) is 4.23. The topological polar surface area (TPSA) is 17.1 Å². The highest BCUT2D eigenvalue weighted by Crippen LogP contribution is 2.47. The molecule has 3 rings (SSSR count). The first-order valence-electron chi connectivity index (χ1n) is 6.05. The molecule has 2 aliphatic rings. The Morgan fingerprint density at radius 3 is 2.62 bits per heavy atom. The number of carbonyl (C=O) groups excluding carboxylic acids is 1. The maximum Gasteiger partial charge on any atom is 0.143 e. The quantitative estimate of drug-likeness (QED) is 0.706. The zero-order chi connectivity index (χ0) is 11.2. The van der Waals surface area contributed by atoms with Crippen LogP contribution in [-0.4, -0.2) is 5.78 Å². The van der Waals surface area contributed by atoms with Gasteiger partial charge in [-0.2, -0.15) is 0 Å². The Kier molecular flexibility index (Phi) is 2.43. The molecule has 0 unspecified atom stereocenters. The smallest absolute Gasteiger partial charge is 0.143 e. The number of hydrogen-bond donors (Lipinski definition) is 0. The highest BCUT2D eigenvalue weighted by Gasteiger charge is 2.45. The molecule has 0 aliphatic heterocycles. The molecule has 2 heteroatoms. The first-order chi connectivity index (χ1) is 7.74. The molecule has 0 aromatic heterocycles. The molecule has 0 radical (unpaired) electrons. The fourth-order valence-electron chi connectivity index (χ4n) is 3.42. The van der Waals surface area contributed by atoms with Crippen molar-refractivity contribution in [2.24, 2.45) is 0 Å². The van der Waals surface area contributed by atoms with Gasteiger partial charge in [-0.15, -0.1) is 0 Å². The van der Waals surface area contributed by atoms with Crippen molar-refractivity contribution in [3.05, 3.63) is 33.8 Å². The monoisotopic (exact) mass is 278 g/mol. The van der Waals surface area contributed by atoms with Gasteiger partial charge < -0.3 is 0 Å². The van der Waals surface area contributed by atoms with Crippen molar-refractivity contribution in [3.8, 4) is 0 Å². The van der Waals surface area contributed by atoms with E-state index in [9.17, 15) is 4.79 Å². The van der Waals surface area contributed by atoms with Crippen molar-refractivity contribution in [1.82, 2.24) is 0 Å². The van der Waals surface area contributed by atoms with Gasteiger partial charge in [0.25, 0.3) is 0 Å². The van der Waals surface area contributed by atoms with Crippen molar-refractivity contribution in [2.45, 2.75) is 43.9 Å². The zero-order valence-corrected chi connectivity index (χ0v) is 10.8. The second kappa shape index (κ2) is 3.69. The minimum absolute atomic E-state index is 0.114. The van der Waals surface area contributed by atoms with Gasteiger partial charge in [0.1, 0.15) is 5.78 Å². The average molecular weight is 279 g/mol. The van der Waals surface area contributed by atoms with Crippen LogP contribution in [0.1, 0.15) is 43.2 Å². The number of carbonyl (C=O) groups is 1. The van der Waals surface area contributed by atoms with Crippen LogP contribution < -0.4 is 0 Å². The minimum atomic E-state index is -0.114. The van der Waals surface area contributed by atoms with Gasteiger partial charge in [0.05, 0.1) is 5.41 Å². The highest BCUT2D eigenvalue weighted by molar-refractivity contribution is 9.10. The van der Waals surface area contributed by atoms with Crippen molar-refractivity contribution in [1.29, 1.82) is 0 Å². The summed E-state index contributed by atoms with van der Waals surface area (Å²) in [5, 5.41) is 0. The molecule has 1 aromatic carbocycles. The van der Waals surface area contributed by atoms with Gasteiger partial charge in [0, 0.05) is 10.9 Å². The first-order valence-corrected chi connectivity index (χ1v) is 6.84. The van der Waals surface area contributed by atoms with E-state index in [4.69, 9.17) is 0 Å². The Morgan fingerprint density at radius 2 is 1.88 bits per heavy atom. The van der Waals surface area contributed by atoms with E-state index in [1.807, 2.05) is 0 Å². The maximum atomic E-state index is 12.3. The summed E-state index contributed by atoms with van der Waals surface area (Å²) in [5.74, 6) is 0.482. The van der Waals surface area contributed by atoms with Crippen LogP contribution in [0.25, 0.3) is 0 Å². The number of ketones is 1. The largest absolute Gasteiger partial charge is 0.299 e. The number of Topliss-reactive ketones (excluding diaryl/α,β-unsaturated/α-hetero) is 1. The normalized spacial score (nSPS) is 22.4. The minimum Gasteiger partial charge on any atom is -0.299 e. The summed E-state index contributed by atoms with van der Waals surface area (Å²) in [5.41, 5.74) is 2.58. The van der Waals surface area contributed by atoms with E-state index in [0.717, 1.165) is 25.7 Å². The molecule has 1 saturated carbocycles. The van der Waals surface area contributed by atoms with Crippen LogP contribution in [0.4, 0.5) is 0 Å². The molecule has 16 heavy (non-hydrogen) atoms. The Bertz CT molecular complexity index is 444. The van der Waals surface area contributed by atoms with Gasteiger partial charge in [-0.1, -0.05) is 40.9 Å². The molecule has 1 spiro atoms. The molecular formula is C14H15BrO. The van der Waals surface area contributed by atoms with E-state index < -0.39 is 0 Å². The van der Waals surface area contributed by atoms with Gasteiger partial charge in [0.2, 0.25) is 0 Å². The summed E-state index contributed by atoms with van der Waals surface area (Å²) in [7, 11) is 0. The Hall–Kier alpha value is -0.630. The molecular weight excluding hydrogens is 264 g/mol. The van der Waals surface area contributed by atoms with Crippen molar-refractivity contribution in [2.75, 3.05) is 0 Å². The number of fused-ring (bicyclic) bond motifs is 2. The van der Waals surface area contributed by atoms with Crippen LogP contribution >= 0.6 is 15.9 Å². The van der Waals surface area contributed by atoms with Crippen LogP contribution in [0, 0.1) is 0 Å². The summed E-state index contributed by atoms with van der Waals surface area (Å²) in [4.78, 5) is 12.3.